The van der Waals surface area contributed by atoms with Gasteiger partial charge in [-0.25, -0.2) is 4.79 Å². The fraction of sp³-hybridized carbons (Fsp3) is 0.812. The highest BCUT2D eigenvalue weighted by atomic mass is 16.2. The Bertz CT molecular complexity index is 506. The lowest BCUT2D eigenvalue weighted by Crippen LogP contribution is -2.52. The molecule has 0 aromatic heterocycles. The highest BCUT2D eigenvalue weighted by molar-refractivity contribution is 5.88. The molecule has 3 rings (SSSR count). The SMILES string of the molecule is CC(=O)N(CC1CCCN1C(=O)NC1CCN(C)C1=O)C1CC1. The number of likely N-dealkylation sites (N-methyl/N-ethyl adjacent to an activating group) is 1. The Labute approximate surface area is 137 Å². The van der Waals surface area contributed by atoms with Crippen LogP contribution in [0, 0.1) is 0 Å². The molecule has 0 aromatic rings. The van der Waals surface area contributed by atoms with Crippen LogP contribution in [0.4, 0.5) is 4.79 Å². The van der Waals surface area contributed by atoms with E-state index in [1.807, 2.05) is 9.80 Å². The maximum absolute atomic E-state index is 12.5. The number of nitrogens with zero attached hydrogens (tertiary/aromatic N) is 3. The first-order chi connectivity index (χ1) is 11.0. The molecule has 0 spiro atoms. The first-order valence-electron chi connectivity index (χ1n) is 8.56. The monoisotopic (exact) mass is 322 g/mol. The summed E-state index contributed by atoms with van der Waals surface area (Å²) in [6.45, 7) is 3.60. The van der Waals surface area contributed by atoms with Gasteiger partial charge in [-0.15, -0.1) is 0 Å². The first-order valence-corrected chi connectivity index (χ1v) is 8.56. The van der Waals surface area contributed by atoms with Gasteiger partial charge in [0.2, 0.25) is 11.8 Å². The summed E-state index contributed by atoms with van der Waals surface area (Å²) in [6.07, 6.45) is 4.68. The Morgan fingerprint density at radius 3 is 2.52 bits per heavy atom. The lowest BCUT2D eigenvalue weighted by atomic mass is 10.2. The average Bonchev–Trinajstić information content (AvgIpc) is 3.16. The molecule has 128 valence electrons. The van der Waals surface area contributed by atoms with E-state index in [1.54, 1.807) is 18.9 Å². The third-order valence-electron chi connectivity index (χ3n) is 5.16. The van der Waals surface area contributed by atoms with E-state index in [2.05, 4.69) is 5.32 Å². The van der Waals surface area contributed by atoms with E-state index in [9.17, 15) is 14.4 Å². The number of likely N-dealkylation sites (tertiary alicyclic amines) is 2. The molecule has 1 aliphatic carbocycles. The maximum Gasteiger partial charge on any atom is 0.318 e. The second-order valence-corrected chi connectivity index (χ2v) is 6.94. The third-order valence-corrected chi connectivity index (χ3v) is 5.16. The smallest absolute Gasteiger partial charge is 0.318 e. The zero-order valence-corrected chi connectivity index (χ0v) is 14.0. The van der Waals surface area contributed by atoms with Gasteiger partial charge in [-0.2, -0.15) is 0 Å². The fourth-order valence-electron chi connectivity index (χ4n) is 3.63. The number of amides is 4. The summed E-state index contributed by atoms with van der Waals surface area (Å²) in [6, 6.07) is -0.140. The summed E-state index contributed by atoms with van der Waals surface area (Å²) >= 11 is 0. The molecular formula is C16H26N4O3. The third kappa shape index (κ3) is 3.43. The van der Waals surface area contributed by atoms with Gasteiger partial charge in [0, 0.05) is 39.6 Å². The Hall–Kier alpha value is -1.79. The predicted octanol–water partition coefficient (Wildman–Crippen LogP) is 0.402. The zero-order valence-electron chi connectivity index (χ0n) is 14.0. The molecule has 3 fully saturated rings. The van der Waals surface area contributed by atoms with Crippen LogP contribution in [0.25, 0.3) is 0 Å². The Balaban J connectivity index is 1.58. The second-order valence-electron chi connectivity index (χ2n) is 6.94. The molecule has 0 bridgehead atoms. The minimum atomic E-state index is -0.402. The summed E-state index contributed by atoms with van der Waals surface area (Å²) in [5, 5.41) is 2.87. The summed E-state index contributed by atoms with van der Waals surface area (Å²) in [4.78, 5) is 41.7. The molecule has 0 aromatic carbocycles. The van der Waals surface area contributed by atoms with Crippen molar-refractivity contribution in [3.8, 4) is 0 Å². The van der Waals surface area contributed by atoms with Crippen molar-refractivity contribution in [2.45, 2.75) is 57.2 Å². The van der Waals surface area contributed by atoms with Gasteiger partial charge in [0.1, 0.15) is 6.04 Å². The van der Waals surface area contributed by atoms with Gasteiger partial charge in [-0.1, -0.05) is 0 Å². The number of hydrogen-bond acceptors (Lipinski definition) is 3. The summed E-state index contributed by atoms with van der Waals surface area (Å²) in [7, 11) is 1.76. The number of nitrogens with one attached hydrogen (secondary N) is 1. The number of carbonyl (C=O) groups is 3. The summed E-state index contributed by atoms with van der Waals surface area (Å²) in [5.41, 5.74) is 0. The largest absolute Gasteiger partial charge is 0.344 e. The van der Waals surface area contributed by atoms with Crippen LogP contribution in [0.3, 0.4) is 0 Å². The molecule has 2 aliphatic heterocycles. The molecule has 4 amide bonds. The van der Waals surface area contributed by atoms with Gasteiger partial charge >= 0.3 is 6.03 Å². The van der Waals surface area contributed by atoms with Crippen molar-refractivity contribution in [1.82, 2.24) is 20.0 Å². The normalized spacial score (nSPS) is 27.5. The molecular weight excluding hydrogens is 296 g/mol. The van der Waals surface area contributed by atoms with Crippen LogP contribution in [-0.2, 0) is 9.59 Å². The fourth-order valence-corrected chi connectivity index (χ4v) is 3.63. The van der Waals surface area contributed by atoms with Crippen molar-refractivity contribution in [3.05, 3.63) is 0 Å². The van der Waals surface area contributed by atoms with Crippen molar-refractivity contribution < 1.29 is 14.4 Å². The molecule has 7 nitrogen and oxygen atoms in total. The van der Waals surface area contributed by atoms with Crippen molar-refractivity contribution >= 4 is 17.8 Å². The van der Waals surface area contributed by atoms with E-state index in [1.165, 1.54) is 0 Å². The van der Waals surface area contributed by atoms with Gasteiger partial charge < -0.3 is 20.0 Å². The molecule has 2 unspecified atom stereocenters. The lowest BCUT2D eigenvalue weighted by molar-refractivity contribution is -0.130. The van der Waals surface area contributed by atoms with Crippen LogP contribution in [0.15, 0.2) is 0 Å². The Morgan fingerprint density at radius 2 is 1.96 bits per heavy atom. The predicted molar refractivity (Wildman–Crippen MR) is 84.7 cm³/mol. The second kappa shape index (κ2) is 6.37. The summed E-state index contributed by atoms with van der Waals surface area (Å²) < 4.78 is 0. The van der Waals surface area contributed by atoms with Gasteiger partial charge in [0.25, 0.3) is 0 Å². The van der Waals surface area contributed by atoms with E-state index in [0.717, 1.165) is 25.7 Å². The zero-order chi connectivity index (χ0) is 16.6. The molecule has 1 N–H and O–H groups in total. The molecule has 7 heteroatoms. The van der Waals surface area contributed by atoms with Crippen molar-refractivity contribution in [3.63, 3.8) is 0 Å². The quantitative estimate of drug-likeness (QED) is 0.814. The highest BCUT2D eigenvalue weighted by Crippen LogP contribution is 2.29. The van der Waals surface area contributed by atoms with E-state index >= 15 is 0 Å². The molecule has 1 saturated carbocycles. The Kier molecular flexibility index (Phi) is 4.46. The van der Waals surface area contributed by atoms with Gasteiger partial charge in [-0.05, 0) is 32.1 Å². The number of urea groups is 1. The van der Waals surface area contributed by atoms with Gasteiger partial charge in [-0.3, -0.25) is 9.59 Å². The maximum atomic E-state index is 12.5. The van der Waals surface area contributed by atoms with Gasteiger partial charge in [0.05, 0.1) is 6.04 Å². The molecule has 2 atom stereocenters. The minimum Gasteiger partial charge on any atom is -0.344 e. The minimum absolute atomic E-state index is 0.0163. The molecule has 23 heavy (non-hydrogen) atoms. The topological polar surface area (TPSA) is 73.0 Å². The van der Waals surface area contributed by atoms with Crippen LogP contribution in [0.2, 0.25) is 0 Å². The van der Waals surface area contributed by atoms with Crippen molar-refractivity contribution in [1.29, 1.82) is 0 Å². The standard InChI is InChI=1S/C16H26N4O3/c1-11(21)20(12-5-6-12)10-13-4-3-8-19(13)16(23)17-14-7-9-18(2)15(14)22/h12-14H,3-10H2,1-2H3,(H,17,23). The van der Waals surface area contributed by atoms with Crippen LogP contribution in [0.5, 0.6) is 0 Å². The molecule has 0 radical (unpaired) electrons. The number of carbonyl (C=O) groups excluding carboxylic acids is 3. The highest BCUT2D eigenvalue weighted by Gasteiger charge is 2.38. The van der Waals surface area contributed by atoms with Crippen molar-refractivity contribution in [2.75, 3.05) is 26.7 Å². The van der Waals surface area contributed by atoms with E-state index in [-0.39, 0.29) is 23.9 Å². The number of rotatable bonds is 4. The van der Waals surface area contributed by atoms with E-state index < -0.39 is 6.04 Å². The molecule has 2 heterocycles. The number of hydrogen-bond donors (Lipinski definition) is 1. The Morgan fingerprint density at radius 1 is 1.22 bits per heavy atom. The first kappa shape index (κ1) is 16.1. The van der Waals surface area contributed by atoms with E-state index in [0.29, 0.717) is 32.1 Å². The lowest BCUT2D eigenvalue weighted by Gasteiger charge is -2.31. The van der Waals surface area contributed by atoms with E-state index in [4.69, 9.17) is 0 Å². The summed E-state index contributed by atoms with van der Waals surface area (Å²) in [5.74, 6) is 0.0739. The van der Waals surface area contributed by atoms with Gasteiger partial charge in [0.15, 0.2) is 0 Å². The average molecular weight is 322 g/mol. The van der Waals surface area contributed by atoms with Crippen LogP contribution < -0.4 is 5.32 Å². The molecule has 2 saturated heterocycles. The van der Waals surface area contributed by atoms with Crippen LogP contribution >= 0.6 is 0 Å². The van der Waals surface area contributed by atoms with Crippen LogP contribution in [0.1, 0.15) is 39.0 Å². The van der Waals surface area contributed by atoms with Crippen LogP contribution in [-0.4, -0.2) is 77.4 Å². The van der Waals surface area contributed by atoms with Crippen molar-refractivity contribution in [2.24, 2.45) is 0 Å². The molecule has 3 aliphatic rings.